The van der Waals surface area contributed by atoms with E-state index >= 15 is 0 Å². The first-order valence-electron chi connectivity index (χ1n) is 7.97. The van der Waals surface area contributed by atoms with Gasteiger partial charge in [0, 0.05) is 18.8 Å². The highest BCUT2D eigenvalue weighted by atomic mass is 35.5. The molecule has 0 aromatic heterocycles. The van der Waals surface area contributed by atoms with Crippen LogP contribution < -0.4 is 15.0 Å². The number of rotatable bonds is 3. The minimum absolute atomic E-state index is 0. The zero-order chi connectivity index (χ0) is 15.7. The van der Waals surface area contributed by atoms with Crippen LogP contribution >= 0.6 is 24.0 Å². The molecule has 1 N–H and O–H groups in total. The highest BCUT2D eigenvalue weighted by Gasteiger charge is 2.39. The number of fused-ring (bicyclic) bond motifs is 1. The third kappa shape index (κ3) is 3.76. The van der Waals surface area contributed by atoms with Crippen molar-refractivity contribution in [3.8, 4) is 5.75 Å². The van der Waals surface area contributed by atoms with E-state index in [0.717, 1.165) is 12.1 Å². The number of halogens is 2. The average molecular weight is 359 g/mol. The van der Waals surface area contributed by atoms with Crippen molar-refractivity contribution in [1.82, 2.24) is 5.32 Å². The number of benzene rings is 1. The van der Waals surface area contributed by atoms with Crippen LogP contribution in [0.2, 0.25) is 5.02 Å². The Kier molecular flexibility index (Phi) is 6.18. The average Bonchev–Trinajstić information content (AvgIpc) is 2.97. The van der Waals surface area contributed by atoms with Gasteiger partial charge in [0.1, 0.15) is 5.75 Å². The van der Waals surface area contributed by atoms with Crippen molar-refractivity contribution in [1.29, 1.82) is 0 Å². The van der Waals surface area contributed by atoms with Crippen LogP contribution in [0.4, 0.5) is 5.69 Å². The number of likely N-dealkylation sites (N-methyl/N-ethyl adjacent to an activating group) is 1. The number of hydrogen-bond acceptors (Lipinski definition) is 3. The van der Waals surface area contributed by atoms with Gasteiger partial charge in [0.05, 0.1) is 18.2 Å². The predicted molar refractivity (Wildman–Crippen MR) is 95.9 cm³/mol. The second kappa shape index (κ2) is 7.73. The first kappa shape index (κ1) is 18.4. The van der Waals surface area contributed by atoms with Crippen molar-refractivity contribution in [3.63, 3.8) is 0 Å². The number of methoxy groups -OCH3 is 1. The molecule has 6 heteroatoms. The molecule has 2 aliphatic rings. The van der Waals surface area contributed by atoms with Crippen LogP contribution in [-0.4, -0.2) is 32.1 Å². The Bertz CT molecular complexity index is 554. The van der Waals surface area contributed by atoms with Gasteiger partial charge in [-0.25, -0.2) is 0 Å². The van der Waals surface area contributed by atoms with Crippen LogP contribution in [0.5, 0.6) is 5.75 Å². The van der Waals surface area contributed by atoms with Gasteiger partial charge in [0.15, 0.2) is 0 Å². The van der Waals surface area contributed by atoms with E-state index in [1.165, 1.54) is 25.7 Å². The Morgan fingerprint density at radius 3 is 2.74 bits per heavy atom. The number of anilines is 1. The third-order valence-electron chi connectivity index (χ3n) is 5.01. The van der Waals surface area contributed by atoms with E-state index in [4.69, 9.17) is 16.3 Å². The fraction of sp³-hybridized carbons (Fsp3) is 0.588. The quantitative estimate of drug-likeness (QED) is 0.896. The molecular formula is C17H24Cl2N2O2. The van der Waals surface area contributed by atoms with Gasteiger partial charge in [-0.2, -0.15) is 0 Å². The van der Waals surface area contributed by atoms with Crippen LogP contribution in [0.3, 0.4) is 0 Å². The molecule has 1 aliphatic carbocycles. The molecule has 23 heavy (non-hydrogen) atoms. The summed E-state index contributed by atoms with van der Waals surface area (Å²) in [5.74, 6) is 1.41. The molecule has 1 aromatic carbocycles. The van der Waals surface area contributed by atoms with Gasteiger partial charge in [0.2, 0.25) is 5.91 Å². The lowest BCUT2D eigenvalue weighted by atomic mass is 9.85. The summed E-state index contributed by atoms with van der Waals surface area (Å²) in [6.07, 6.45) is 5.98. The second-order valence-electron chi connectivity index (χ2n) is 6.32. The fourth-order valence-corrected chi connectivity index (χ4v) is 3.99. The molecule has 1 saturated carbocycles. The summed E-state index contributed by atoms with van der Waals surface area (Å²) in [5.41, 5.74) is 0.799. The number of nitrogens with one attached hydrogen (secondary N) is 1. The molecule has 0 bridgehead atoms. The van der Waals surface area contributed by atoms with Gasteiger partial charge in [-0.05, 0) is 43.4 Å². The molecule has 128 valence electrons. The molecule has 0 radical (unpaired) electrons. The first-order valence-corrected chi connectivity index (χ1v) is 8.35. The van der Waals surface area contributed by atoms with Crippen molar-refractivity contribution in [2.24, 2.45) is 5.92 Å². The van der Waals surface area contributed by atoms with Gasteiger partial charge in [-0.1, -0.05) is 24.4 Å². The number of ether oxygens (including phenoxy) is 1. The maximum atomic E-state index is 12.7. The molecular weight excluding hydrogens is 335 g/mol. The van der Waals surface area contributed by atoms with Gasteiger partial charge in [-0.15, -0.1) is 12.4 Å². The van der Waals surface area contributed by atoms with Crippen LogP contribution in [0.1, 0.15) is 32.1 Å². The molecule has 1 aliphatic heterocycles. The molecule has 1 amide bonds. The predicted octanol–water partition coefficient (Wildman–Crippen LogP) is 3.65. The lowest BCUT2D eigenvalue weighted by Gasteiger charge is -2.24. The molecule has 1 aromatic rings. The van der Waals surface area contributed by atoms with Crippen LogP contribution in [-0.2, 0) is 4.79 Å². The Labute approximate surface area is 148 Å². The molecule has 4 nitrogen and oxygen atoms in total. The van der Waals surface area contributed by atoms with Crippen molar-refractivity contribution in [2.45, 2.75) is 44.2 Å². The number of amides is 1. The molecule has 3 unspecified atom stereocenters. The third-order valence-corrected chi connectivity index (χ3v) is 5.31. The SMILES string of the molecule is COc1ccc(N(C)C(=O)C2CC3CCCCC3N2)cc1Cl.Cl. The summed E-state index contributed by atoms with van der Waals surface area (Å²) in [5, 5.41) is 4.05. The smallest absolute Gasteiger partial charge is 0.243 e. The zero-order valence-electron chi connectivity index (χ0n) is 13.5. The Morgan fingerprint density at radius 1 is 1.35 bits per heavy atom. The van der Waals surface area contributed by atoms with E-state index in [1.54, 1.807) is 24.1 Å². The maximum Gasteiger partial charge on any atom is 0.243 e. The summed E-state index contributed by atoms with van der Waals surface area (Å²) < 4.78 is 5.16. The number of nitrogens with zero attached hydrogens (tertiary/aromatic N) is 1. The summed E-state index contributed by atoms with van der Waals surface area (Å²) in [6.45, 7) is 0. The van der Waals surface area contributed by atoms with Gasteiger partial charge in [0.25, 0.3) is 0 Å². The van der Waals surface area contributed by atoms with E-state index in [-0.39, 0.29) is 24.4 Å². The van der Waals surface area contributed by atoms with E-state index < -0.39 is 0 Å². The van der Waals surface area contributed by atoms with Crippen molar-refractivity contribution in [2.75, 3.05) is 19.1 Å². The molecule has 1 heterocycles. The zero-order valence-corrected chi connectivity index (χ0v) is 15.1. The van der Waals surface area contributed by atoms with E-state index in [0.29, 0.717) is 22.7 Å². The normalized spacial score (nSPS) is 26.1. The number of carbonyl (C=O) groups is 1. The van der Waals surface area contributed by atoms with Crippen molar-refractivity contribution < 1.29 is 9.53 Å². The monoisotopic (exact) mass is 358 g/mol. The van der Waals surface area contributed by atoms with E-state index in [1.807, 2.05) is 13.1 Å². The Morgan fingerprint density at radius 2 is 2.09 bits per heavy atom. The number of hydrogen-bond donors (Lipinski definition) is 1. The largest absolute Gasteiger partial charge is 0.495 e. The van der Waals surface area contributed by atoms with Gasteiger partial charge in [-0.3, -0.25) is 4.79 Å². The maximum absolute atomic E-state index is 12.7. The number of carbonyl (C=O) groups excluding carboxylic acids is 1. The summed E-state index contributed by atoms with van der Waals surface area (Å²) in [7, 11) is 3.39. The van der Waals surface area contributed by atoms with Crippen LogP contribution in [0.15, 0.2) is 18.2 Å². The molecule has 0 spiro atoms. The summed E-state index contributed by atoms with van der Waals surface area (Å²) >= 11 is 6.16. The lowest BCUT2D eigenvalue weighted by Crippen LogP contribution is -2.44. The van der Waals surface area contributed by atoms with E-state index in [9.17, 15) is 4.79 Å². The topological polar surface area (TPSA) is 41.6 Å². The van der Waals surface area contributed by atoms with Crippen LogP contribution in [0, 0.1) is 5.92 Å². The molecule has 3 atom stereocenters. The van der Waals surface area contributed by atoms with E-state index in [2.05, 4.69) is 5.32 Å². The minimum Gasteiger partial charge on any atom is -0.495 e. The lowest BCUT2D eigenvalue weighted by molar-refractivity contribution is -0.120. The molecule has 3 rings (SSSR count). The second-order valence-corrected chi connectivity index (χ2v) is 6.73. The molecule has 2 fully saturated rings. The highest BCUT2D eigenvalue weighted by molar-refractivity contribution is 6.32. The van der Waals surface area contributed by atoms with Gasteiger partial charge >= 0.3 is 0 Å². The molecule has 1 saturated heterocycles. The Balaban J connectivity index is 0.00000192. The first-order chi connectivity index (χ1) is 10.6. The van der Waals surface area contributed by atoms with Crippen molar-refractivity contribution in [3.05, 3.63) is 23.2 Å². The minimum atomic E-state index is -0.0704. The Hall–Kier alpha value is -0.970. The van der Waals surface area contributed by atoms with Crippen LogP contribution in [0.25, 0.3) is 0 Å². The summed E-state index contributed by atoms with van der Waals surface area (Å²) in [4.78, 5) is 14.4. The summed E-state index contributed by atoms with van der Waals surface area (Å²) in [6, 6.07) is 5.89. The fourth-order valence-electron chi connectivity index (χ4n) is 3.74. The van der Waals surface area contributed by atoms with Crippen molar-refractivity contribution >= 4 is 35.6 Å². The standard InChI is InChI=1S/C17H23ClN2O2.ClH/c1-20(12-7-8-16(22-2)13(18)10-12)17(21)15-9-11-5-3-4-6-14(11)19-15;/h7-8,10-11,14-15,19H,3-6,9H2,1-2H3;1H. The van der Waals surface area contributed by atoms with Gasteiger partial charge < -0.3 is 15.0 Å². The highest BCUT2D eigenvalue weighted by Crippen LogP contribution is 2.34.